The normalized spacial score (nSPS) is 15.1. The first kappa shape index (κ1) is 27.9. The standard InChI is InChI=1S/C47H31NO/c49-47(42-23-9-7-20-38(42)40-27-25-33-17-12-22-37(45(33)46(40)47)32-15-5-2-6-16-32)35-26-28-44-41(30-35)39-21-8-10-24-43(39)48(44)36-19-11-18-34(29-36)31-13-3-1-4-14-31/h1-30,49H. The van der Waals surface area contributed by atoms with Gasteiger partial charge in [-0.2, -0.15) is 0 Å². The lowest BCUT2D eigenvalue weighted by Crippen LogP contribution is -2.26. The average molecular weight is 626 g/mol. The molecule has 1 aliphatic carbocycles. The molecule has 1 atom stereocenters. The molecular formula is C47H31NO. The molecule has 1 unspecified atom stereocenters. The second kappa shape index (κ2) is 10.6. The van der Waals surface area contributed by atoms with E-state index >= 15 is 0 Å². The van der Waals surface area contributed by atoms with Gasteiger partial charge in [0.25, 0.3) is 0 Å². The van der Waals surface area contributed by atoms with Crippen molar-refractivity contribution in [3.63, 3.8) is 0 Å². The van der Waals surface area contributed by atoms with Gasteiger partial charge in [0.1, 0.15) is 5.60 Å². The summed E-state index contributed by atoms with van der Waals surface area (Å²) in [6, 6.07) is 64.2. The molecule has 8 aromatic carbocycles. The molecular weight excluding hydrogens is 595 g/mol. The Hall–Kier alpha value is -6.22. The van der Waals surface area contributed by atoms with Crippen LogP contribution in [0.1, 0.15) is 16.7 Å². The van der Waals surface area contributed by atoms with Crippen molar-refractivity contribution in [2.24, 2.45) is 0 Å². The largest absolute Gasteiger partial charge is 0.376 e. The molecule has 1 aromatic heterocycles. The molecule has 0 radical (unpaired) electrons. The van der Waals surface area contributed by atoms with Crippen LogP contribution in [0.3, 0.4) is 0 Å². The minimum Gasteiger partial charge on any atom is -0.376 e. The summed E-state index contributed by atoms with van der Waals surface area (Å²) in [5.41, 5.74) is 11.5. The van der Waals surface area contributed by atoms with Crippen LogP contribution < -0.4 is 0 Å². The lowest BCUT2D eigenvalue weighted by Gasteiger charge is -2.29. The van der Waals surface area contributed by atoms with E-state index in [1.807, 2.05) is 6.07 Å². The fourth-order valence-electron chi connectivity index (χ4n) is 8.24. The Labute approximate surface area is 284 Å². The topological polar surface area (TPSA) is 25.2 Å². The number of hydrogen-bond donors (Lipinski definition) is 1. The van der Waals surface area contributed by atoms with Crippen molar-refractivity contribution >= 4 is 32.6 Å². The van der Waals surface area contributed by atoms with Gasteiger partial charge in [-0.3, -0.25) is 0 Å². The smallest absolute Gasteiger partial charge is 0.142 e. The zero-order valence-corrected chi connectivity index (χ0v) is 26.7. The van der Waals surface area contributed by atoms with Gasteiger partial charge in [0.05, 0.1) is 11.0 Å². The van der Waals surface area contributed by atoms with E-state index in [2.05, 4.69) is 180 Å². The zero-order chi connectivity index (χ0) is 32.5. The van der Waals surface area contributed by atoms with E-state index in [9.17, 15) is 5.11 Å². The van der Waals surface area contributed by atoms with Crippen molar-refractivity contribution in [1.82, 2.24) is 4.57 Å². The van der Waals surface area contributed by atoms with E-state index in [0.29, 0.717) is 0 Å². The summed E-state index contributed by atoms with van der Waals surface area (Å²) in [5, 5.41) is 17.9. The van der Waals surface area contributed by atoms with Crippen LogP contribution in [0, 0.1) is 0 Å². The summed E-state index contributed by atoms with van der Waals surface area (Å²) in [4.78, 5) is 0. The number of benzene rings is 8. The van der Waals surface area contributed by atoms with Gasteiger partial charge in [-0.25, -0.2) is 0 Å². The van der Waals surface area contributed by atoms with Crippen LogP contribution in [0.15, 0.2) is 182 Å². The molecule has 1 N–H and O–H groups in total. The molecule has 9 aromatic rings. The first-order valence-corrected chi connectivity index (χ1v) is 16.8. The maximum absolute atomic E-state index is 13.4. The SMILES string of the molecule is OC1(c2ccc3c(c2)c2ccccc2n3-c2cccc(-c3ccccc3)c2)c2ccccc2-c2ccc3cccc(-c4ccccc4)c3c21. The number of nitrogens with zero attached hydrogens (tertiary/aromatic N) is 1. The Kier molecular flexibility index (Phi) is 6.05. The summed E-state index contributed by atoms with van der Waals surface area (Å²) in [6.45, 7) is 0. The molecule has 230 valence electrons. The van der Waals surface area contributed by atoms with Gasteiger partial charge in [0.2, 0.25) is 0 Å². The molecule has 0 spiro atoms. The highest BCUT2D eigenvalue weighted by atomic mass is 16.3. The highest BCUT2D eigenvalue weighted by molar-refractivity contribution is 6.10. The molecule has 0 saturated carbocycles. The Morgan fingerprint density at radius 1 is 0.429 bits per heavy atom. The summed E-state index contributed by atoms with van der Waals surface area (Å²) < 4.78 is 2.35. The lowest BCUT2D eigenvalue weighted by molar-refractivity contribution is 0.132. The van der Waals surface area contributed by atoms with Crippen LogP contribution in [-0.4, -0.2) is 9.67 Å². The Morgan fingerprint density at radius 3 is 1.96 bits per heavy atom. The van der Waals surface area contributed by atoms with Gasteiger partial charge in [-0.05, 0) is 80.0 Å². The highest BCUT2D eigenvalue weighted by Crippen LogP contribution is 2.55. The van der Waals surface area contributed by atoms with Crippen molar-refractivity contribution in [3.8, 4) is 39.1 Å². The average Bonchev–Trinajstić information content (AvgIpc) is 3.65. The first-order chi connectivity index (χ1) is 24.2. The Morgan fingerprint density at radius 2 is 1.10 bits per heavy atom. The first-order valence-electron chi connectivity index (χ1n) is 16.8. The molecule has 49 heavy (non-hydrogen) atoms. The monoisotopic (exact) mass is 625 g/mol. The van der Waals surface area contributed by atoms with Crippen molar-refractivity contribution in [2.45, 2.75) is 5.60 Å². The highest BCUT2D eigenvalue weighted by Gasteiger charge is 2.45. The number of aliphatic hydroxyl groups is 1. The summed E-state index contributed by atoms with van der Waals surface area (Å²) >= 11 is 0. The van der Waals surface area contributed by atoms with Crippen LogP contribution in [0.25, 0.3) is 71.6 Å². The predicted octanol–water partition coefficient (Wildman–Crippen LogP) is 11.5. The number of rotatable bonds is 4. The molecule has 1 aliphatic rings. The van der Waals surface area contributed by atoms with Crippen LogP contribution >= 0.6 is 0 Å². The van der Waals surface area contributed by atoms with Crippen molar-refractivity contribution in [3.05, 3.63) is 199 Å². The number of fused-ring (bicyclic) bond motifs is 8. The van der Waals surface area contributed by atoms with Crippen LogP contribution in [-0.2, 0) is 5.60 Å². The van der Waals surface area contributed by atoms with Crippen molar-refractivity contribution in [1.29, 1.82) is 0 Å². The van der Waals surface area contributed by atoms with E-state index in [1.165, 1.54) is 11.1 Å². The fraction of sp³-hybridized carbons (Fsp3) is 0.0213. The third kappa shape index (κ3) is 4.05. The molecule has 1 heterocycles. The van der Waals surface area contributed by atoms with Crippen molar-refractivity contribution < 1.29 is 5.11 Å². The molecule has 0 amide bonds. The van der Waals surface area contributed by atoms with Crippen LogP contribution in [0.5, 0.6) is 0 Å². The number of hydrogen-bond acceptors (Lipinski definition) is 1. The summed E-state index contributed by atoms with van der Waals surface area (Å²) in [5.74, 6) is 0. The van der Waals surface area contributed by atoms with Crippen LogP contribution in [0.4, 0.5) is 0 Å². The van der Waals surface area contributed by atoms with Gasteiger partial charge >= 0.3 is 0 Å². The fourth-order valence-corrected chi connectivity index (χ4v) is 8.24. The second-order valence-electron chi connectivity index (χ2n) is 13.0. The summed E-state index contributed by atoms with van der Waals surface area (Å²) in [7, 11) is 0. The van der Waals surface area contributed by atoms with Crippen molar-refractivity contribution in [2.75, 3.05) is 0 Å². The van der Waals surface area contributed by atoms with E-state index in [0.717, 1.165) is 77.2 Å². The van der Waals surface area contributed by atoms with E-state index in [-0.39, 0.29) is 0 Å². The quantitative estimate of drug-likeness (QED) is 0.207. The molecule has 0 fully saturated rings. The maximum atomic E-state index is 13.4. The molecule has 0 saturated heterocycles. The van der Waals surface area contributed by atoms with Gasteiger partial charge in [0, 0.05) is 27.6 Å². The zero-order valence-electron chi connectivity index (χ0n) is 26.7. The number of aromatic nitrogens is 1. The third-order valence-electron chi connectivity index (χ3n) is 10.4. The van der Waals surface area contributed by atoms with E-state index in [4.69, 9.17) is 0 Å². The number of para-hydroxylation sites is 1. The minimum absolute atomic E-state index is 0.863. The summed E-state index contributed by atoms with van der Waals surface area (Å²) in [6.07, 6.45) is 0. The third-order valence-corrected chi connectivity index (χ3v) is 10.4. The van der Waals surface area contributed by atoms with Crippen LogP contribution in [0.2, 0.25) is 0 Å². The Balaban J connectivity index is 1.25. The van der Waals surface area contributed by atoms with Gasteiger partial charge in [-0.1, -0.05) is 152 Å². The molecule has 0 bridgehead atoms. The van der Waals surface area contributed by atoms with Gasteiger partial charge < -0.3 is 9.67 Å². The van der Waals surface area contributed by atoms with E-state index < -0.39 is 5.60 Å². The van der Waals surface area contributed by atoms with Gasteiger partial charge in [0.15, 0.2) is 0 Å². The molecule has 2 nitrogen and oxygen atoms in total. The van der Waals surface area contributed by atoms with Gasteiger partial charge in [-0.15, -0.1) is 0 Å². The maximum Gasteiger partial charge on any atom is 0.142 e. The minimum atomic E-state index is -1.36. The molecule has 10 rings (SSSR count). The predicted molar refractivity (Wildman–Crippen MR) is 203 cm³/mol. The molecule has 2 heteroatoms. The second-order valence-corrected chi connectivity index (χ2v) is 13.0. The lowest BCUT2D eigenvalue weighted by atomic mass is 9.80. The molecule has 0 aliphatic heterocycles. The Bertz CT molecular complexity index is 2720. The van der Waals surface area contributed by atoms with E-state index in [1.54, 1.807) is 0 Å².